The van der Waals surface area contributed by atoms with Gasteiger partial charge in [0.25, 0.3) is 0 Å². The van der Waals surface area contributed by atoms with Crippen LogP contribution in [0.3, 0.4) is 0 Å². The van der Waals surface area contributed by atoms with E-state index in [0.29, 0.717) is 6.54 Å². The van der Waals surface area contributed by atoms with E-state index in [1.165, 1.54) is 5.56 Å². The molecule has 0 unspecified atom stereocenters. The summed E-state index contributed by atoms with van der Waals surface area (Å²) in [6.07, 6.45) is 0.915. The predicted octanol–water partition coefficient (Wildman–Crippen LogP) is 2.96. The van der Waals surface area contributed by atoms with Gasteiger partial charge in [0.1, 0.15) is 5.75 Å². The zero-order valence-corrected chi connectivity index (χ0v) is 11.5. The molecule has 0 aliphatic carbocycles. The van der Waals surface area contributed by atoms with Gasteiger partial charge in [-0.15, -0.1) is 0 Å². The van der Waals surface area contributed by atoms with Gasteiger partial charge in [-0.2, -0.15) is 0 Å². The zero-order chi connectivity index (χ0) is 13.7. The molecule has 3 nitrogen and oxygen atoms in total. The molecule has 0 aromatic heterocycles. The van der Waals surface area contributed by atoms with Gasteiger partial charge in [0, 0.05) is 12.7 Å². The van der Waals surface area contributed by atoms with E-state index in [0.717, 1.165) is 23.5 Å². The van der Waals surface area contributed by atoms with Gasteiger partial charge in [0.15, 0.2) is 0 Å². The summed E-state index contributed by atoms with van der Waals surface area (Å²) in [6.45, 7) is 0.682. The highest BCUT2D eigenvalue weighted by atomic mass is 16.5. The van der Waals surface area contributed by atoms with Crippen LogP contribution in [0, 0.1) is 0 Å². The number of hydrogen-bond acceptors (Lipinski definition) is 3. The van der Waals surface area contributed by atoms with Crippen LogP contribution in [0.2, 0.25) is 0 Å². The van der Waals surface area contributed by atoms with Crippen molar-refractivity contribution in [3.8, 4) is 5.75 Å². The molecule has 0 radical (unpaired) electrons. The summed E-state index contributed by atoms with van der Waals surface area (Å²) in [5.74, 6) is 0.871. The standard InChI is InChI=1S/C16H20N2O/c1-18(15-5-3-4-6-16(15)19-2)14-9-7-13(8-10-14)11-12-17/h3-10H,11-12,17H2,1-2H3. The van der Waals surface area contributed by atoms with Crippen molar-refractivity contribution in [3.63, 3.8) is 0 Å². The molecule has 2 N–H and O–H groups in total. The van der Waals surface area contributed by atoms with E-state index >= 15 is 0 Å². The molecule has 0 amide bonds. The van der Waals surface area contributed by atoms with E-state index in [9.17, 15) is 0 Å². The Morgan fingerprint density at radius 2 is 1.74 bits per heavy atom. The lowest BCUT2D eigenvalue weighted by molar-refractivity contribution is 0.415. The average molecular weight is 256 g/mol. The fourth-order valence-corrected chi connectivity index (χ4v) is 2.10. The molecule has 0 saturated heterocycles. The van der Waals surface area contributed by atoms with Crippen molar-refractivity contribution in [2.45, 2.75) is 6.42 Å². The molecule has 0 atom stereocenters. The number of anilines is 2. The van der Waals surface area contributed by atoms with E-state index < -0.39 is 0 Å². The van der Waals surface area contributed by atoms with Crippen LogP contribution in [0.25, 0.3) is 0 Å². The highest BCUT2D eigenvalue weighted by molar-refractivity contribution is 5.68. The van der Waals surface area contributed by atoms with Gasteiger partial charge in [-0.05, 0) is 42.8 Å². The third kappa shape index (κ3) is 3.06. The van der Waals surface area contributed by atoms with Crippen LogP contribution in [-0.2, 0) is 6.42 Å². The molecule has 2 aromatic rings. The first-order valence-corrected chi connectivity index (χ1v) is 6.42. The summed E-state index contributed by atoms with van der Waals surface area (Å²) in [5.41, 5.74) is 9.01. The van der Waals surface area contributed by atoms with E-state index in [2.05, 4.69) is 29.2 Å². The lowest BCUT2D eigenvalue weighted by Gasteiger charge is -2.22. The number of hydrogen-bond donors (Lipinski definition) is 1. The Morgan fingerprint density at radius 1 is 1.05 bits per heavy atom. The van der Waals surface area contributed by atoms with Crippen LogP contribution in [-0.4, -0.2) is 20.7 Å². The van der Waals surface area contributed by atoms with E-state index in [-0.39, 0.29) is 0 Å². The highest BCUT2D eigenvalue weighted by Gasteiger charge is 2.08. The van der Waals surface area contributed by atoms with Crippen LogP contribution in [0.1, 0.15) is 5.56 Å². The van der Waals surface area contributed by atoms with Gasteiger partial charge in [0.05, 0.1) is 12.8 Å². The highest BCUT2D eigenvalue weighted by Crippen LogP contribution is 2.32. The molecular weight excluding hydrogens is 236 g/mol. The molecule has 0 bridgehead atoms. The number of benzene rings is 2. The lowest BCUT2D eigenvalue weighted by atomic mass is 10.1. The smallest absolute Gasteiger partial charge is 0.142 e. The molecule has 19 heavy (non-hydrogen) atoms. The zero-order valence-electron chi connectivity index (χ0n) is 11.5. The number of methoxy groups -OCH3 is 1. The normalized spacial score (nSPS) is 10.3. The Morgan fingerprint density at radius 3 is 2.37 bits per heavy atom. The van der Waals surface area contributed by atoms with Crippen molar-refractivity contribution in [1.82, 2.24) is 0 Å². The van der Waals surface area contributed by atoms with Crippen LogP contribution in [0.5, 0.6) is 5.75 Å². The minimum Gasteiger partial charge on any atom is -0.495 e. The summed E-state index contributed by atoms with van der Waals surface area (Å²) >= 11 is 0. The van der Waals surface area contributed by atoms with Crippen molar-refractivity contribution in [3.05, 3.63) is 54.1 Å². The molecule has 3 heteroatoms. The fourth-order valence-electron chi connectivity index (χ4n) is 2.10. The van der Waals surface area contributed by atoms with Gasteiger partial charge in [0.2, 0.25) is 0 Å². The fraction of sp³-hybridized carbons (Fsp3) is 0.250. The van der Waals surface area contributed by atoms with E-state index in [1.807, 2.05) is 31.3 Å². The van der Waals surface area contributed by atoms with Gasteiger partial charge in [-0.1, -0.05) is 24.3 Å². The summed E-state index contributed by atoms with van der Waals surface area (Å²) in [5, 5.41) is 0. The Kier molecular flexibility index (Phi) is 4.42. The van der Waals surface area contributed by atoms with E-state index in [1.54, 1.807) is 7.11 Å². The van der Waals surface area contributed by atoms with E-state index in [4.69, 9.17) is 10.5 Å². The Hall–Kier alpha value is -2.00. The maximum absolute atomic E-state index is 5.56. The number of para-hydroxylation sites is 2. The third-order valence-corrected chi connectivity index (χ3v) is 3.20. The molecule has 0 saturated carbocycles. The summed E-state index contributed by atoms with van der Waals surface area (Å²) in [7, 11) is 3.73. The maximum Gasteiger partial charge on any atom is 0.142 e. The van der Waals surface area contributed by atoms with Crippen molar-refractivity contribution in [2.24, 2.45) is 5.73 Å². The van der Waals surface area contributed by atoms with Crippen LogP contribution >= 0.6 is 0 Å². The second kappa shape index (κ2) is 6.25. The molecule has 0 aliphatic rings. The molecule has 0 spiro atoms. The van der Waals surface area contributed by atoms with Crippen molar-refractivity contribution in [2.75, 3.05) is 25.6 Å². The first-order valence-electron chi connectivity index (χ1n) is 6.42. The molecule has 0 fully saturated rings. The number of ether oxygens (including phenoxy) is 1. The largest absolute Gasteiger partial charge is 0.495 e. The quantitative estimate of drug-likeness (QED) is 0.894. The first kappa shape index (κ1) is 13.4. The van der Waals surface area contributed by atoms with Crippen LogP contribution < -0.4 is 15.4 Å². The van der Waals surface area contributed by atoms with Gasteiger partial charge in [-0.3, -0.25) is 0 Å². The molecule has 2 rings (SSSR count). The van der Waals surface area contributed by atoms with Crippen molar-refractivity contribution >= 4 is 11.4 Å². The molecule has 100 valence electrons. The minimum absolute atomic E-state index is 0.682. The minimum atomic E-state index is 0.682. The number of rotatable bonds is 5. The summed E-state index contributed by atoms with van der Waals surface area (Å²) in [4.78, 5) is 2.12. The average Bonchev–Trinajstić information content (AvgIpc) is 2.47. The first-order chi connectivity index (χ1) is 9.26. The summed E-state index contributed by atoms with van der Waals surface area (Å²) in [6, 6.07) is 16.5. The molecular formula is C16H20N2O. The predicted molar refractivity (Wildman–Crippen MR) is 80.3 cm³/mol. The Bertz CT molecular complexity index is 523. The topological polar surface area (TPSA) is 38.5 Å². The summed E-state index contributed by atoms with van der Waals surface area (Å²) < 4.78 is 5.39. The SMILES string of the molecule is COc1ccccc1N(C)c1ccc(CCN)cc1. The molecule has 0 heterocycles. The van der Waals surface area contributed by atoms with Gasteiger partial charge >= 0.3 is 0 Å². The Labute approximate surface area is 114 Å². The van der Waals surface area contributed by atoms with Crippen molar-refractivity contribution < 1.29 is 4.74 Å². The second-order valence-electron chi connectivity index (χ2n) is 4.44. The second-order valence-corrected chi connectivity index (χ2v) is 4.44. The number of nitrogens with two attached hydrogens (primary N) is 1. The number of nitrogens with zero attached hydrogens (tertiary/aromatic N) is 1. The van der Waals surface area contributed by atoms with Crippen molar-refractivity contribution in [1.29, 1.82) is 0 Å². The van der Waals surface area contributed by atoms with Gasteiger partial charge < -0.3 is 15.4 Å². The molecule has 2 aromatic carbocycles. The maximum atomic E-state index is 5.56. The lowest BCUT2D eigenvalue weighted by Crippen LogP contribution is -2.11. The van der Waals surface area contributed by atoms with Crippen LogP contribution in [0.15, 0.2) is 48.5 Å². The third-order valence-electron chi connectivity index (χ3n) is 3.20. The monoisotopic (exact) mass is 256 g/mol. The Balaban J connectivity index is 2.25. The van der Waals surface area contributed by atoms with Gasteiger partial charge in [-0.25, -0.2) is 0 Å². The molecule has 0 aliphatic heterocycles. The van der Waals surface area contributed by atoms with Crippen LogP contribution in [0.4, 0.5) is 11.4 Å².